The van der Waals surface area contributed by atoms with Crippen LogP contribution < -0.4 is 0 Å². The molecule has 0 aromatic heterocycles. The third-order valence-electron chi connectivity index (χ3n) is 3.79. The van der Waals surface area contributed by atoms with Crippen molar-refractivity contribution in [1.29, 1.82) is 5.26 Å². The molecular formula is C16H30NO2PS2. The number of hydrogen-bond acceptors (Lipinski definition) is 5. The fraction of sp³-hybridized carbons (Fsp3) is 0.938. The number of nitrogens with zero attached hydrogens (tertiary/aromatic N) is 1. The Labute approximate surface area is 145 Å². The molecule has 128 valence electrons. The Morgan fingerprint density at radius 3 is 2.41 bits per heavy atom. The summed E-state index contributed by atoms with van der Waals surface area (Å²) in [5.41, 5.74) is 0.407. The molecule has 0 aliphatic carbocycles. The minimum Gasteiger partial charge on any atom is -0.333 e. The van der Waals surface area contributed by atoms with Gasteiger partial charge in [0.1, 0.15) is 0 Å². The van der Waals surface area contributed by atoms with Crippen LogP contribution in [0, 0.1) is 23.2 Å². The van der Waals surface area contributed by atoms with Crippen molar-refractivity contribution in [1.82, 2.24) is 0 Å². The third-order valence-corrected chi connectivity index (χ3v) is 9.72. The van der Waals surface area contributed by atoms with Crippen molar-refractivity contribution >= 4 is 30.0 Å². The normalized spacial score (nSPS) is 23.0. The smallest absolute Gasteiger partial charge is 0.174 e. The van der Waals surface area contributed by atoms with E-state index < -0.39 is 8.38 Å². The number of rotatable bonds is 8. The molecule has 2 unspecified atom stereocenters. The van der Waals surface area contributed by atoms with Crippen LogP contribution in [0.4, 0.5) is 0 Å². The van der Waals surface area contributed by atoms with E-state index in [2.05, 4.69) is 47.6 Å². The van der Waals surface area contributed by atoms with Gasteiger partial charge in [-0.15, -0.1) is 0 Å². The van der Waals surface area contributed by atoms with Crippen LogP contribution in [0.3, 0.4) is 0 Å². The summed E-state index contributed by atoms with van der Waals surface area (Å²) in [4.78, 5) is 0. The van der Waals surface area contributed by atoms with Crippen LogP contribution in [-0.4, -0.2) is 28.9 Å². The molecule has 1 fully saturated rings. The van der Waals surface area contributed by atoms with Gasteiger partial charge in [0.05, 0.1) is 25.2 Å². The summed E-state index contributed by atoms with van der Waals surface area (Å²) >= 11 is 0. The molecule has 3 nitrogen and oxygen atoms in total. The summed E-state index contributed by atoms with van der Waals surface area (Å²) in [6, 6.07) is 2.16. The molecule has 1 saturated heterocycles. The van der Waals surface area contributed by atoms with Crippen molar-refractivity contribution in [2.45, 2.75) is 70.9 Å². The molecule has 0 N–H and O–H groups in total. The topological polar surface area (TPSA) is 42.2 Å². The van der Waals surface area contributed by atoms with Gasteiger partial charge >= 0.3 is 0 Å². The molecule has 0 bridgehead atoms. The van der Waals surface area contributed by atoms with Crippen LogP contribution in [0.2, 0.25) is 0 Å². The zero-order valence-corrected chi connectivity index (χ0v) is 17.2. The highest BCUT2D eigenvalue weighted by Crippen LogP contribution is 2.55. The second-order valence-electron chi connectivity index (χ2n) is 6.90. The van der Waals surface area contributed by atoms with Crippen LogP contribution in [0.1, 0.15) is 54.4 Å². The van der Waals surface area contributed by atoms with Gasteiger partial charge in [-0.25, -0.2) is 0 Å². The molecule has 22 heavy (non-hydrogen) atoms. The highest BCUT2D eigenvalue weighted by molar-refractivity contribution is 8.77. The predicted octanol–water partition coefficient (Wildman–Crippen LogP) is 5.86. The minimum absolute atomic E-state index is 0.112. The second-order valence-corrected chi connectivity index (χ2v) is 11.6. The van der Waals surface area contributed by atoms with E-state index in [0.29, 0.717) is 30.5 Å². The van der Waals surface area contributed by atoms with E-state index in [9.17, 15) is 0 Å². The summed E-state index contributed by atoms with van der Waals surface area (Å²) in [7, 11) is 2.89. The second kappa shape index (κ2) is 9.74. The van der Waals surface area contributed by atoms with Crippen LogP contribution >= 0.6 is 30.0 Å². The highest BCUT2D eigenvalue weighted by Gasteiger charge is 2.40. The zero-order valence-electron chi connectivity index (χ0n) is 14.7. The van der Waals surface area contributed by atoms with Crippen LogP contribution in [0.25, 0.3) is 0 Å². The van der Waals surface area contributed by atoms with Crippen LogP contribution in [0.5, 0.6) is 0 Å². The molecule has 0 aromatic carbocycles. The van der Waals surface area contributed by atoms with Gasteiger partial charge < -0.3 is 9.05 Å². The SMILES string of the molecule is CC(C)C(C(C)C)P(OCCC#N)OC1CCSSC1(C)C. The molecule has 1 aliphatic rings. The van der Waals surface area contributed by atoms with Crippen molar-refractivity contribution < 1.29 is 9.05 Å². The van der Waals surface area contributed by atoms with Gasteiger partial charge in [0.25, 0.3) is 0 Å². The van der Waals surface area contributed by atoms with Gasteiger partial charge in [0, 0.05) is 16.2 Å². The zero-order chi connectivity index (χ0) is 16.8. The first-order chi connectivity index (χ1) is 10.3. The maximum absolute atomic E-state index is 8.77. The lowest BCUT2D eigenvalue weighted by Crippen LogP contribution is -2.38. The monoisotopic (exact) mass is 363 g/mol. The first-order valence-electron chi connectivity index (χ1n) is 8.06. The molecule has 1 aliphatic heterocycles. The van der Waals surface area contributed by atoms with Gasteiger partial charge in [-0.05, 0) is 32.1 Å². The van der Waals surface area contributed by atoms with E-state index in [4.69, 9.17) is 14.3 Å². The number of hydrogen-bond donors (Lipinski definition) is 0. The quantitative estimate of drug-likeness (QED) is 0.307. The Hall–Kier alpha value is 0.540. The summed E-state index contributed by atoms with van der Waals surface area (Å²) < 4.78 is 12.7. The Morgan fingerprint density at radius 1 is 1.27 bits per heavy atom. The summed E-state index contributed by atoms with van der Waals surface area (Å²) in [5, 5.41) is 8.77. The summed E-state index contributed by atoms with van der Waals surface area (Å²) in [5.74, 6) is 2.16. The number of nitriles is 1. The lowest BCUT2D eigenvalue weighted by Gasteiger charge is -2.41. The summed E-state index contributed by atoms with van der Waals surface area (Å²) in [6.07, 6.45) is 1.74. The van der Waals surface area contributed by atoms with E-state index >= 15 is 0 Å². The van der Waals surface area contributed by atoms with Crippen molar-refractivity contribution in [3.63, 3.8) is 0 Å². The molecule has 0 radical (unpaired) electrons. The van der Waals surface area contributed by atoms with E-state index in [-0.39, 0.29) is 10.9 Å². The third kappa shape index (κ3) is 6.21. The van der Waals surface area contributed by atoms with Crippen molar-refractivity contribution in [2.75, 3.05) is 12.4 Å². The van der Waals surface area contributed by atoms with Gasteiger partial charge in [0.15, 0.2) is 8.38 Å². The van der Waals surface area contributed by atoms with Gasteiger partial charge in [-0.3, -0.25) is 0 Å². The van der Waals surface area contributed by atoms with Gasteiger partial charge in [-0.2, -0.15) is 5.26 Å². The first-order valence-corrected chi connectivity index (χ1v) is 11.6. The van der Waals surface area contributed by atoms with Gasteiger partial charge in [0.2, 0.25) is 0 Å². The fourth-order valence-electron chi connectivity index (χ4n) is 2.68. The molecule has 0 aromatic rings. The minimum atomic E-state index is -0.970. The fourth-order valence-corrected chi connectivity index (χ4v) is 7.73. The van der Waals surface area contributed by atoms with Crippen molar-refractivity contribution in [3.05, 3.63) is 0 Å². The molecule has 2 atom stereocenters. The van der Waals surface area contributed by atoms with Crippen LogP contribution in [-0.2, 0) is 9.05 Å². The van der Waals surface area contributed by atoms with E-state index in [1.807, 2.05) is 21.6 Å². The largest absolute Gasteiger partial charge is 0.333 e. The molecule has 6 heteroatoms. The molecule has 0 spiro atoms. The lowest BCUT2D eigenvalue weighted by atomic mass is 10.00. The Kier molecular flexibility index (Phi) is 9.12. The van der Waals surface area contributed by atoms with Crippen molar-refractivity contribution in [2.24, 2.45) is 11.8 Å². The lowest BCUT2D eigenvalue weighted by molar-refractivity contribution is 0.140. The molecule has 0 saturated carbocycles. The average Bonchev–Trinajstić information content (AvgIpc) is 2.40. The van der Waals surface area contributed by atoms with Gasteiger partial charge in [-0.1, -0.05) is 49.3 Å². The highest BCUT2D eigenvalue weighted by atomic mass is 33.1. The Morgan fingerprint density at radius 2 is 1.91 bits per heavy atom. The Balaban J connectivity index is 2.82. The standard InChI is InChI=1S/C16H30NO2PS2/c1-12(2)15(13(3)4)20(18-10-7-9-17)19-14-8-11-21-22-16(14,5)6/h12-15H,7-8,10-11H2,1-6H3. The van der Waals surface area contributed by atoms with Crippen molar-refractivity contribution in [3.8, 4) is 6.07 Å². The summed E-state index contributed by atoms with van der Waals surface area (Å²) in [6.45, 7) is 14.0. The first kappa shape index (κ1) is 20.6. The predicted molar refractivity (Wildman–Crippen MR) is 100 cm³/mol. The molecule has 0 amide bonds. The van der Waals surface area contributed by atoms with E-state index in [0.717, 1.165) is 12.2 Å². The van der Waals surface area contributed by atoms with E-state index in [1.165, 1.54) is 0 Å². The molecular weight excluding hydrogens is 333 g/mol. The van der Waals surface area contributed by atoms with Crippen LogP contribution in [0.15, 0.2) is 0 Å². The van der Waals surface area contributed by atoms with E-state index in [1.54, 1.807) is 0 Å². The molecule has 1 heterocycles. The maximum atomic E-state index is 8.77. The average molecular weight is 364 g/mol. The molecule has 1 rings (SSSR count). The Bertz CT molecular complexity index is 364. The maximum Gasteiger partial charge on any atom is 0.174 e.